The molecular weight excluding hydrogens is 453 g/mol. The Labute approximate surface area is 185 Å². The zero-order chi connectivity index (χ0) is 24.6. The van der Waals surface area contributed by atoms with Crippen molar-refractivity contribution in [3.05, 3.63) is 31.3 Å². The van der Waals surface area contributed by atoms with E-state index in [1.165, 1.54) is 20.2 Å². The number of fused-ring (bicyclic) bond motifs is 1. The number of hydrazone groups is 1. The van der Waals surface area contributed by atoms with E-state index in [1.807, 2.05) is 0 Å². The van der Waals surface area contributed by atoms with Crippen molar-refractivity contribution in [2.45, 2.75) is 58.9 Å². The number of thiophene rings is 1. The maximum atomic E-state index is 13.4. The Kier molecular flexibility index (Phi) is 7.24. The first-order valence-electron chi connectivity index (χ1n) is 9.54. The van der Waals surface area contributed by atoms with Gasteiger partial charge in [-0.1, -0.05) is 0 Å². The lowest BCUT2D eigenvalue weighted by atomic mass is 10.1. The molecule has 0 fully saturated rings. The van der Waals surface area contributed by atoms with Crippen LogP contribution in [0.25, 0.3) is 10.2 Å². The summed E-state index contributed by atoms with van der Waals surface area (Å²) >= 11 is 0.965. The first-order chi connectivity index (χ1) is 14.6. The lowest BCUT2D eigenvalue weighted by molar-refractivity contribution is -0.164. The maximum absolute atomic E-state index is 13.4. The molecule has 0 aliphatic heterocycles. The van der Waals surface area contributed by atoms with Gasteiger partial charge in [0.05, 0.1) is 35.2 Å². The van der Waals surface area contributed by atoms with E-state index in [0.717, 1.165) is 27.8 Å². The van der Waals surface area contributed by atoms with Crippen molar-refractivity contribution in [1.29, 1.82) is 0 Å². The second kappa shape index (κ2) is 9.06. The van der Waals surface area contributed by atoms with Crippen molar-refractivity contribution in [2.24, 2.45) is 5.10 Å². The SMILES string of the molecule is COCCn1c(=O)n(C(C)C(F)(F)F)c(=O)c2c(C)c(C=NN(C(=O)O)C(C)(C)C)sc21. The molecule has 32 heavy (non-hydrogen) atoms. The van der Waals surface area contributed by atoms with Gasteiger partial charge in [0.2, 0.25) is 0 Å². The molecule has 9 nitrogen and oxygen atoms in total. The Morgan fingerprint density at radius 3 is 2.38 bits per heavy atom. The Morgan fingerprint density at radius 1 is 1.31 bits per heavy atom. The summed E-state index contributed by atoms with van der Waals surface area (Å²) in [6.45, 7) is 7.12. The highest BCUT2D eigenvalue weighted by Crippen LogP contribution is 2.31. The molecule has 1 N–H and O–H groups in total. The van der Waals surface area contributed by atoms with Crippen molar-refractivity contribution >= 4 is 33.9 Å². The molecule has 0 aromatic carbocycles. The summed E-state index contributed by atoms with van der Waals surface area (Å²) in [6, 6.07) is -2.33. The van der Waals surface area contributed by atoms with E-state index in [4.69, 9.17) is 4.74 Å². The number of amides is 1. The predicted octanol–water partition coefficient (Wildman–Crippen LogP) is 3.42. The second-order valence-corrected chi connectivity index (χ2v) is 9.13. The van der Waals surface area contributed by atoms with Crippen molar-refractivity contribution < 1.29 is 27.8 Å². The van der Waals surface area contributed by atoms with Gasteiger partial charge in [0.15, 0.2) is 0 Å². The highest BCUT2D eigenvalue weighted by molar-refractivity contribution is 7.20. The summed E-state index contributed by atoms with van der Waals surface area (Å²) in [4.78, 5) is 37.9. The fourth-order valence-corrected chi connectivity index (χ4v) is 4.18. The van der Waals surface area contributed by atoms with Crippen LogP contribution >= 0.6 is 11.3 Å². The first-order valence-corrected chi connectivity index (χ1v) is 10.4. The average molecular weight is 478 g/mol. The molecule has 0 radical (unpaired) electrons. The van der Waals surface area contributed by atoms with Crippen LogP contribution < -0.4 is 11.2 Å². The number of carboxylic acid groups (broad SMARTS) is 1. The van der Waals surface area contributed by atoms with Crippen molar-refractivity contribution in [3.63, 3.8) is 0 Å². The number of nitrogens with zero attached hydrogens (tertiary/aromatic N) is 4. The van der Waals surface area contributed by atoms with Gasteiger partial charge in [-0.25, -0.2) is 14.2 Å². The van der Waals surface area contributed by atoms with E-state index in [-0.39, 0.29) is 27.9 Å². The van der Waals surface area contributed by atoms with Crippen LogP contribution in [0.4, 0.5) is 18.0 Å². The van der Waals surface area contributed by atoms with Gasteiger partial charge in [-0.15, -0.1) is 11.3 Å². The monoisotopic (exact) mass is 478 g/mol. The minimum atomic E-state index is -4.81. The molecule has 1 unspecified atom stereocenters. The standard InChI is InChI=1S/C19H25F3N4O5S/c1-10-12(9-23-26(17(29)30)18(3,4)5)32-15-13(10)14(27)25(11(2)19(20,21)22)16(28)24(15)7-8-31-6/h9,11H,7-8H2,1-6H3,(H,29,30). The lowest BCUT2D eigenvalue weighted by Crippen LogP contribution is -2.45. The zero-order valence-corrected chi connectivity index (χ0v) is 19.3. The number of aromatic nitrogens is 2. The van der Waals surface area contributed by atoms with Gasteiger partial charge in [-0.3, -0.25) is 9.36 Å². The highest BCUT2D eigenvalue weighted by Gasteiger charge is 2.40. The van der Waals surface area contributed by atoms with Crippen molar-refractivity contribution in [1.82, 2.24) is 14.1 Å². The maximum Gasteiger partial charge on any atom is 0.428 e. The first kappa shape index (κ1) is 25.6. The van der Waals surface area contributed by atoms with Crippen LogP contribution in [0.1, 0.15) is 44.2 Å². The van der Waals surface area contributed by atoms with Gasteiger partial charge in [-0.2, -0.15) is 23.3 Å². The second-order valence-electron chi connectivity index (χ2n) is 8.10. The molecule has 2 heterocycles. The largest absolute Gasteiger partial charge is 0.464 e. The predicted molar refractivity (Wildman–Crippen MR) is 115 cm³/mol. The van der Waals surface area contributed by atoms with E-state index in [1.54, 1.807) is 20.8 Å². The molecule has 2 rings (SSSR count). The molecule has 0 saturated heterocycles. The molecule has 0 aliphatic rings. The van der Waals surface area contributed by atoms with E-state index in [2.05, 4.69) is 5.10 Å². The van der Waals surface area contributed by atoms with Crippen LogP contribution in [0.15, 0.2) is 14.7 Å². The topological polar surface area (TPSA) is 106 Å². The number of alkyl halides is 3. The zero-order valence-electron chi connectivity index (χ0n) is 18.5. The Balaban J connectivity index is 2.82. The quantitative estimate of drug-likeness (QED) is 0.506. The number of carbonyl (C=O) groups is 1. The summed E-state index contributed by atoms with van der Waals surface area (Å²) in [7, 11) is 1.38. The third-order valence-corrected chi connectivity index (χ3v) is 6.02. The van der Waals surface area contributed by atoms with Crippen LogP contribution in [0.2, 0.25) is 0 Å². The lowest BCUT2D eigenvalue weighted by Gasteiger charge is -2.27. The molecule has 2 aromatic rings. The summed E-state index contributed by atoms with van der Waals surface area (Å²) < 4.78 is 46.3. The molecule has 13 heteroatoms. The molecule has 0 aliphatic carbocycles. The third kappa shape index (κ3) is 4.88. The molecular formula is C19H25F3N4O5S. The van der Waals surface area contributed by atoms with Crippen LogP contribution in [0, 0.1) is 6.92 Å². The van der Waals surface area contributed by atoms with E-state index in [0.29, 0.717) is 10.4 Å². The number of aryl methyl sites for hydroxylation is 1. The normalized spacial score (nSPS) is 13.8. The molecule has 0 saturated carbocycles. The Morgan fingerprint density at radius 2 is 1.91 bits per heavy atom. The minimum absolute atomic E-state index is 0.0325. The molecule has 0 bridgehead atoms. The third-order valence-electron chi connectivity index (χ3n) is 4.77. The summed E-state index contributed by atoms with van der Waals surface area (Å²) in [5.41, 5.74) is -2.73. The summed E-state index contributed by atoms with van der Waals surface area (Å²) in [6.07, 6.45) is -4.88. The van der Waals surface area contributed by atoms with Crippen LogP contribution in [0.3, 0.4) is 0 Å². The highest BCUT2D eigenvalue weighted by atomic mass is 32.1. The van der Waals surface area contributed by atoms with Crippen molar-refractivity contribution in [3.8, 4) is 0 Å². The number of rotatable bonds is 6. The molecule has 1 amide bonds. The Hall–Kier alpha value is -2.67. The number of halogens is 3. The fraction of sp³-hybridized carbons (Fsp3) is 0.579. The van der Waals surface area contributed by atoms with Gasteiger partial charge < -0.3 is 9.84 Å². The summed E-state index contributed by atoms with van der Waals surface area (Å²) in [5.74, 6) is 0. The average Bonchev–Trinajstić information content (AvgIpc) is 2.96. The van der Waals surface area contributed by atoms with Gasteiger partial charge >= 0.3 is 18.0 Å². The van der Waals surface area contributed by atoms with Crippen molar-refractivity contribution in [2.75, 3.05) is 13.7 Å². The minimum Gasteiger partial charge on any atom is -0.464 e. The Bertz CT molecular complexity index is 1160. The number of hydrogen-bond donors (Lipinski definition) is 1. The molecule has 0 spiro atoms. The molecule has 178 valence electrons. The van der Waals surface area contributed by atoms with Crippen LogP contribution in [-0.4, -0.2) is 57.0 Å². The number of hydrogen-bond acceptors (Lipinski definition) is 6. The van der Waals surface area contributed by atoms with E-state index < -0.39 is 35.1 Å². The smallest absolute Gasteiger partial charge is 0.428 e. The molecule has 1 atom stereocenters. The molecule has 2 aromatic heterocycles. The van der Waals surface area contributed by atoms with Crippen LogP contribution in [0.5, 0.6) is 0 Å². The van der Waals surface area contributed by atoms with Gasteiger partial charge in [0, 0.05) is 7.11 Å². The number of methoxy groups -OCH3 is 1. The fourth-order valence-electron chi connectivity index (χ4n) is 2.99. The van der Waals surface area contributed by atoms with E-state index >= 15 is 0 Å². The van der Waals surface area contributed by atoms with Gasteiger partial charge in [0.1, 0.15) is 10.9 Å². The number of ether oxygens (including phenoxy) is 1. The van der Waals surface area contributed by atoms with Crippen LogP contribution in [-0.2, 0) is 11.3 Å². The van der Waals surface area contributed by atoms with E-state index in [9.17, 15) is 32.7 Å². The van der Waals surface area contributed by atoms with Gasteiger partial charge in [0.25, 0.3) is 5.56 Å². The van der Waals surface area contributed by atoms with Gasteiger partial charge in [-0.05, 0) is 40.2 Å². The summed E-state index contributed by atoms with van der Waals surface area (Å²) in [5, 5.41) is 14.1.